The second kappa shape index (κ2) is 5.52. The number of nitrogens with zero attached hydrogens (tertiary/aromatic N) is 3. The molecular weight excluding hydrogens is 298 g/mol. The Bertz CT molecular complexity index is 714. The topological polar surface area (TPSA) is 101 Å². The van der Waals surface area contributed by atoms with Crippen molar-refractivity contribution in [3.8, 4) is 0 Å². The lowest BCUT2D eigenvalue weighted by Crippen LogP contribution is -2.44. The van der Waals surface area contributed by atoms with Crippen LogP contribution in [0.3, 0.4) is 0 Å². The van der Waals surface area contributed by atoms with E-state index in [0.717, 1.165) is 30.3 Å². The third-order valence-corrected chi connectivity index (χ3v) is 5.23. The van der Waals surface area contributed by atoms with Gasteiger partial charge in [0, 0.05) is 11.6 Å². The van der Waals surface area contributed by atoms with Gasteiger partial charge in [0.15, 0.2) is 6.23 Å². The van der Waals surface area contributed by atoms with Crippen LogP contribution in [0.1, 0.15) is 31.2 Å². The van der Waals surface area contributed by atoms with E-state index in [4.69, 9.17) is 4.74 Å². The van der Waals surface area contributed by atoms with E-state index in [1.54, 1.807) is 10.8 Å². The largest absolute Gasteiger partial charge is 0.390 e. The maximum atomic E-state index is 10.4. The molecule has 7 nitrogen and oxygen atoms in total. The van der Waals surface area contributed by atoms with Crippen LogP contribution in [-0.4, -0.2) is 54.3 Å². The molecule has 3 heterocycles. The number of rotatable bonds is 3. The molecule has 0 aromatic carbocycles. The summed E-state index contributed by atoms with van der Waals surface area (Å²) in [6.07, 6.45) is 1.68. The molecule has 2 fully saturated rings. The number of aliphatic hydroxyl groups excluding tert-OH is 3. The summed E-state index contributed by atoms with van der Waals surface area (Å²) in [5.74, 6) is 0.145. The Hall–Kier alpha value is -1.54. The van der Waals surface area contributed by atoms with E-state index < -0.39 is 30.6 Å². The van der Waals surface area contributed by atoms with Crippen LogP contribution in [0, 0.1) is 12.8 Å². The Morgan fingerprint density at radius 2 is 2.04 bits per heavy atom. The lowest BCUT2D eigenvalue weighted by Gasteiger charge is -2.34. The highest BCUT2D eigenvalue weighted by Crippen LogP contribution is 2.39. The Kier molecular flexibility index (Phi) is 3.60. The lowest BCUT2D eigenvalue weighted by molar-refractivity contribution is -0.111. The minimum Gasteiger partial charge on any atom is -0.390 e. The Balaban J connectivity index is 1.64. The molecule has 0 amide bonds. The van der Waals surface area contributed by atoms with E-state index in [9.17, 15) is 15.3 Å². The van der Waals surface area contributed by atoms with Gasteiger partial charge in [0.05, 0.1) is 11.8 Å². The first-order chi connectivity index (χ1) is 11.1. The van der Waals surface area contributed by atoms with Gasteiger partial charge in [0.2, 0.25) is 0 Å². The molecule has 3 N–H and O–H groups in total. The van der Waals surface area contributed by atoms with E-state index >= 15 is 0 Å². The molecule has 1 saturated carbocycles. The zero-order chi connectivity index (χ0) is 16.1. The average Bonchev–Trinajstić information content (AvgIpc) is 3.01. The van der Waals surface area contributed by atoms with Crippen molar-refractivity contribution in [1.29, 1.82) is 0 Å². The Morgan fingerprint density at radius 3 is 2.74 bits per heavy atom. The van der Waals surface area contributed by atoms with Gasteiger partial charge in [-0.05, 0) is 31.7 Å². The smallest absolute Gasteiger partial charge is 0.164 e. The Labute approximate surface area is 133 Å². The molecule has 0 spiro atoms. The van der Waals surface area contributed by atoms with Crippen molar-refractivity contribution in [3.63, 3.8) is 0 Å². The normalized spacial score (nSPS) is 33.0. The van der Waals surface area contributed by atoms with Crippen molar-refractivity contribution in [2.75, 3.05) is 0 Å². The number of ether oxygens (including phenoxy) is 1. The van der Waals surface area contributed by atoms with Crippen molar-refractivity contribution >= 4 is 11.0 Å². The van der Waals surface area contributed by atoms with Crippen molar-refractivity contribution in [1.82, 2.24) is 14.5 Å². The maximum Gasteiger partial charge on any atom is 0.164 e. The molecule has 2 aromatic heterocycles. The number of fused-ring (bicyclic) bond motifs is 1. The van der Waals surface area contributed by atoms with E-state index in [1.165, 1.54) is 6.33 Å². The fourth-order valence-electron chi connectivity index (χ4n) is 3.55. The molecule has 7 heteroatoms. The van der Waals surface area contributed by atoms with E-state index in [-0.39, 0.29) is 5.92 Å². The number of hydrogen-bond acceptors (Lipinski definition) is 6. The molecule has 1 saturated heterocycles. The molecule has 1 aliphatic carbocycles. The van der Waals surface area contributed by atoms with Gasteiger partial charge < -0.3 is 24.6 Å². The number of aliphatic hydroxyl groups is 3. The number of aromatic nitrogens is 3. The average molecular weight is 319 g/mol. The van der Waals surface area contributed by atoms with Crippen LogP contribution in [0.5, 0.6) is 0 Å². The quantitative estimate of drug-likeness (QED) is 0.762. The maximum absolute atomic E-state index is 10.4. The van der Waals surface area contributed by atoms with Crippen LogP contribution in [-0.2, 0) is 4.74 Å². The van der Waals surface area contributed by atoms with E-state index in [1.807, 2.05) is 13.0 Å². The zero-order valence-corrected chi connectivity index (χ0v) is 12.9. The third-order valence-electron chi connectivity index (χ3n) is 5.23. The summed E-state index contributed by atoms with van der Waals surface area (Å²) in [6.45, 7) is 1.89. The van der Waals surface area contributed by atoms with Crippen LogP contribution in [0.15, 0.2) is 18.6 Å². The molecule has 5 atom stereocenters. The van der Waals surface area contributed by atoms with Crippen molar-refractivity contribution in [2.24, 2.45) is 5.92 Å². The molecule has 23 heavy (non-hydrogen) atoms. The molecule has 0 bridgehead atoms. The molecule has 2 aliphatic rings. The summed E-state index contributed by atoms with van der Waals surface area (Å²) in [5.41, 5.74) is 1.49. The summed E-state index contributed by atoms with van der Waals surface area (Å²) in [7, 11) is 0. The first-order valence-electron chi connectivity index (χ1n) is 8.05. The molecule has 2 aromatic rings. The monoisotopic (exact) mass is 319 g/mol. The predicted molar refractivity (Wildman–Crippen MR) is 81.5 cm³/mol. The van der Waals surface area contributed by atoms with Gasteiger partial charge in [-0.3, -0.25) is 0 Å². The predicted octanol–water partition coefficient (Wildman–Crippen LogP) is 0.520. The van der Waals surface area contributed by atoms with Gasteiger partial charge in [-0.2, -0.15) is 0 Å². The fraction of sp³-hybridized carbons (Fsp3) is 0.625. The first-order valence-corrected chi connectivity index (χ1v) is 8.05. The Morgan fingerprint density at radius 1 is 1.26 bits per heavy atom. The number of aryl methyl sites for hydroxylation is 1. The van der Waals surface area contributed by atoms with Gasteiger partial charge in [-0.1, -0.05) is 6.42 Å². The van der Waals surface area contributed by atoms with Gasteiger partial charge in [-0.25, -0.2) is 9.97 Å². The van der Waals surface area contributed by atoms with Crippen molar-refractivity contribution in [2.45, 2.75) is 56.8 Å². The van der Waals surface area contributed by atoms with Gasteiger partial charge in [-0.15, -0.1) is 0 Å². The summed E-state index contributed by atoms with van der Waals surface area (Å²) in [4.78, 5) is 8.40. The highest BCUT2D eigenvalue weighted by Gasteiger charge is 2.49. The zero-order valence-electron chi connectivity index (χ0n) is 12.9. The summed E-state index contributed by atoms with van der Waals surface area (Å²) in [5, 5.41) is 32.0. The van der Waals surface area contributed by atoms with Gasteiger partial charge in [0.1, 0.15) is 30.3 Å². The van der Waals surface area contributed by atoms with Crippen molar-refractivity contribution < 1.29 is 20.1 Å². The summed E-state index contributed by atoms with van der Waals surface area (Å²) < 4.78 is 7.55. The summed E-state index contributed by atoms with van der Waals surface area (Å²) in [6, 6.07) is 1.86. The SMILES string of the molecule is Cc1ncnc2c1ccn2C1OC(C(O)C2CCC2)C(O)C1O. The molecule has 124 valence electrons. The fourth-order valence-corrected chi connectivity index (χ4v) is 3.55. The van der Waals surface area contributed by atoms with Crippen LogP contribution in [0.2, 0.25) is 0 Å². The van der Waals surface area contributed by atoms with Gasteiger partial charge in [0.25, 0.3) is 0 Å². The molecule has 1 aliphatic heterocycles. The standard InChI is InChI=1S/C16H21N3O4/c1-8-10-5-6-19(15(10)18-7-17-8)16-13(22)12(21)14(23-16)11(20)9-3-2-4-9/h5-7,9,11-14,16,20-22H,2-4H2,1H3. The highest BCUT2D eigenvalue weighted by atomic mass is 16.6. The van der Waals surface area contributed by atoms with E-state index in [0.29, 0.717) is 5.65 Å². The van der Waals surface area contributed by atoms with Crippen molar-refractivity contribution in [3.05, 3.63) is 24.3 Å². The molecule has 4 rings (SSSR count). The van der Waals surface area contributed by atoms with Crippen LogP contribution in [0.4, 0.5) is 0 Å². The lowest BCUT2D eigenvalue weighted by atomic mass is 9.78. The molecular formula is C16H21N3O4. The van der Waals surface area contributed by atoms with Crippen LogP contribution in [0.25, 0.3) is 11.0 Å². The minimum atomic E-state index is -1.11. The highest BCUT2D eigenvalue weighted by molar-refractivity contribution is 5.78. The van der Waals surface area contributed by atoms with Crippen LogP contribution < -0.4 is 0 Å². The summed E-state index contributed by atoms with van der Waals surface area (Å²) >= 11 is 0. The van der Waals surface area contributed by atoms with Gasteiger partial charge >= 0.3 is 0 Å². The second-order valence-corrected chi connectivity index (χ2v) is 6.57. The third kappa shape index (κ3) is 2.27. The minimum absolute atomic E-state index is 0.145. The molecule has 0 radical (unpaired) electrons. The second-order valence-electron chi connectivity index (χ2n) is 6.57. The molecule has 5 unspecified atom stereocenters. The van der Waals surface area contributed by atoms with E-state index in [2.05, 4.69) is 9.97 Å². The van der Waals surface area contributed by atoms with Crippen LogP contribution >= 0.6 is 0 Å². The number of hydrogen-bond donors (Lipinski definition) is 3. The first kappa shape index (κ1) is 15.0.